The predicted molar refractivity (Wildman–Crippen MR) is 171 cm³/mol. The van der Waals surface area contributed by atoms with Gasteiger partial charge in [0.15, 0.2) is 0 Å². The zero-order valence-electron chi connectivity index (χ0n) is 25.8. The largest absolute Gasteiger partial charge is 0.496 e. The van der Waals surface area contributed by atoms with Gasteiger partial charge in [0.05, 0.1) is 37.9 Å². The molecule has 2 N–H and O–H groups in total. The normalized spacial score (nSPS) is 10.8. The molecule has 0 bridgehead atoms. The van der Waals surface area contributed by atoms with Crippen molar-refractivity contribution in [1.29, 1.82) is 0 Å². The van der Waals surface area contributed by atoms with E-state index >= 15 is 0 Å². The number of nitrogens with zero attached hydrogens (tertiary/aromatic N) is 1. The number of carbonyl (C=O) groups is 2. The molecule has 0 atom stereocenters. The Labute approximate surface area is 265 Å². The molecule has 0 spiro atoms. The van der Waals surface area contributed by atoms with Crippen LogP contribution in [0.2, 0.25) is 0 Å². The van der Waals surface area contributed by atoms with Gasteiger partial charge in [-0.05, 0) is 61.9 Å². The number of nitro benzene ring substituents is 1. The van der Waals surface area contributed by atoms with Gasteiger partial charge in [0.2, 0.25) is 0 Å². The number of methoxy groups -OCH3 is 3. The van der Waals surface area contributed by atoms with Gasteiger partial charge in [0, 0.05) is 42.1 Å². The molecular weight excluding hydrogens is 596 g/mol. The maximum Gasteiger partial charge on any atom is 0.347 e. The lowest BCUT2D eigenvalue weighted by Crippen LogP contribution is -2.15. The SMILES string of the molecule is COc1cc(OC(=O)c2ccc(N)cc2OC(C)C)ccc1C(=O)Oc1cc(OC)c(/C=C/c2ccc([N+](=O)[O-])cc2)c(OC)c1. The molecule has 46 heavy (non-hydrogen) atoms. The van der Waals surface area contributed by atoms with Gasteiger partial charge in [0.25, 0.3) is 5.69 Å². The van der Waals surface area contributed by atoms with Crippen LogP contribution in [-0.4, -0.2) is 44.3 Å². The number of rotatable bonds is 12. The minimum atomic E-state index is -0.751. The lowest BCUT2D eigenvalue weighted by molar-refractivity contribution is -0.384. The second-order valence-corrected chi connectivity index (χ2v) is 9.99. The summed E-state index contributed by atoms with van der Waals surface area (Å²) in [5.41, 5.74) is 7.78. The van der Waals surface area contributed by atoms with Crippen LogP contribution in [0, 0.1) is 10.1 Å². The number of nitrogens with two attached hydrogens (primary N) is 1. The fraction of sp³-hybridized carbons (Fsp3) is 0.176. The smallest absolute Gasteiger partial charge is 0.347 e. The van der Waals surface area contributed by atoms with Crippen LogP contribution >= 0.6 is 0 Å². The summed E-state index contributed by atoms with van der Waals surface area (Å²) in [7, 11) is 4.27. The average molecular weight is 629 g/mol. The van der Waals surface area contributed by atoms with Gasteiger partial charge in [-0.1, -0.05) is 6.08 Å². The van der Waals surface area contributed by atoms with Crippen LogP contribution in [0.1, 0.15) is 45.7 Å². The lowest BCUT2D eigenvalue weighted by atomic mass is 10.1. The van der Waals surface area contributed by atoms with Crippen LogP contribution in [0.3, 0.4) is 0 Å². The third kappa shape index (κ3) is 7.91. The van der Waals surface area contributed by atoms with E-state index in [4.69, 9.17) is 34.2 Å². The number of anilines is 1. The van der Waals surface area contributed by atoms with E-state index in [2.05, 4.69) is 0 Å². The molecule has 0 saturated carbocycles. The molecule has 0 aromatic heterocycles. The fourth-order valence-electron chi connectivity index (χ4n) is 4.31. The summed E-state index contributed by atoms with van der Waals surface area (Å²) >= 11 is 0. The highest BCUT2D eigenvalue weighted by molar-refractivity contribution is 5.96. The topological polar surface area (TPSA) is 159 Å². The first-order valence-electron chi connectivity index (χ1n) is 13.9. The Balaban J connectivity index is 1.54. The standard InChI is InChI=1S/C34H32N2O10/c1-20(2)44-32-16-22(35)9-14-28(32)34(38)45-24-12-15-27(31(17-24)43-5)33(37)46-25-18-29(41-3)26(30(19-25)42-4)13-8-21-6-10-23(11-7-21)36(39)40/h6-20H,35H2,1-5H3/b13-8+. The Kier molecular flexibility index (Phi) is 10.4. The van der Waals surface area contributed by atoms with Crippen LogP contribution in [0.25, 0.3) is 12.2 Å². The molecule has 0 unspecified atom stereocenters. The molecule has 4 rings (SSSR count). The van der Waals surface area contributed by atoms with Crippen LogP contribution in [0.4, 0.5) is 11.4 Å². The highest BCUT2D eigenvalue weighted by Crippen LogP contribution is 2.37. The van der Waals surface area contributed by atoms with Crippen LogP contribution in [-0.2, 0) is 0 Å². The summed E-state index contributed by atoms with van der Waals surface area (Å²) in [5, 5.41) is 10.9. The maximum absolute atomic E-state index is 13.2. The van der Waals surface area contributed by atoms with Crippen LogP contribution in [0.5, 0.6) is 34.5 Å². The van der Waals surface area contributed by atoms with E-state index in [0.29, 0.717) is 28.3 Å². The van der Waals surface area contributed by atoms with Crippen molar-refractivity contribution in [1.82, 2.24) is 0 Å². The summed E-state index contributed by atoms with van der Waals surface area (Å²) in [6, 6.07) is 17.9. The molecule has 4 aromatic rings. The minimum absolute atomic E-state index is 0.0188. The summed E-state index contributed by atoms with van der Waals surface area (Å²) in [4.78, 5) is 36.6. The Bertz CT molecular complexity index is 1760. The Hall–Kier alpha value is -6.04. The summed E-state index contributed by atoms with van der Waals surface area (Å²) in [6.07, 6.45) is 3.25. The molecule has 12 nitrogen and oxygen atoms in total. The Morgan fingerprint density at radius 2 is 1.26 bits per heavy atom. The second-order valence-electron chi connectivity index (χ2n) is 9.99. The van der Waals surface area contributed by atoms with Gasteiger partial charge in [-0.3, -0.25) is 10.1 Å². The zero-order chi connectivity index (χ0) is 33.4. The van der Waals surface area contributed by atoms with E-state index in [1.165, 1.54) is 69.9 Å². The van der Waals surface area contributed by atoms with Crippen molar-refractivity contribution in [2.75, 3.05) is 27.1 Å². The summed E-state index contributed by atoms with van der Waals surface area (Å²) in [6.45, 7) is 3.65. The Morgan fingerprint density at radius 1 is 0.717 bits per heavy atom. The number of carbonyl (C=O) groups excluding carboxylic acids is 2. The highest BCUT2D eigenvalue weighted by Gasteiger charge is 2.21. The fourth-order valence-corrected chi connectivity index (χ4v) is 4.31. The molecular formula is C34H32N2O10. The molecule has 0 saturated heterocycles. The van der Waals surface area contributed by atoms with Gasteiger partial charge in [0.1, 0.15) is 45.6 Å². The van der Waals surface area contributed by atoms with Crippen molar-refractivity contribution >= 4 is 35.5 Å². The summed E-state index contributed by atoms with van der Waals surface area (Å²) < 4.78 is 33.3. The summed E-state index contributed by atoms with van der Waals surface area (Å²) in [5.74, 6) is -0.105. The molecule has 12 heteroatoms. The van der Waals surface area contributed by atoms with Crippen molar-refractivity contribution in [3.8, 4) is 34.5 Å². The van der Waals surface area contributed by atoms with Gasteiger partial charge < -0.3 is 34.2 Å². The number of nitro groups is 1. The van der Waals surface area contributed by atoms with Crippen molar-refractivity contribution in [3.63, 3.8) is 0 Å². The number of hydrogen-bond donors (Lipinski definition) is 1. The average Bonchev–Trinajstić information content (AvgIpc) is 3.03. The second kappa shape index (κ2) is 14.6. The number of ether oxygens (including phenoxy) is 6. The molecule has 4 aromatic carbocycles. The molecule has 0 amide bonds. The zero-order valence-corrected chi connectivity index (χ0v) is 25.8. The van der Waals surface area contributed by atoms with Crippen LogP contribution < -0.4 is 34.2 Å². The monoisotopic (exact) mass is 628 g/mol. The van der Waals surface area contributed by atoms with E-state index in [9.17, 15) is 19.7 Å². The lowest BCUT2D eigenvalue weighted by Gasteiger charge is -2.15. The predicted octanol–water partition coefficient (Wildman–Crippen LogP) is 6.60. The third-order valence-corrected chi connectivity index (χ3v) is 6.47. The number of nitrogen functional groups attached to an aromatic ring is 1. The first kappa shape index (κ1) is 32.9. The maximum atomic E-state index is 13.2. The molecule has 0 aliphatic heterocycles. The number of non-ortho nitro benzene ring substituents is 1. The molecule has 0 fully saturated rings. The minimum Gasteiger partial charge on any atom is -0.496 e. The number of benzene rings is 4. The third-order valence-electron chi connectivity index (χ3n) is 6.47. The number of hydrogen-bond acceptors (Lipinski definition) is 11. The highest BCUT2D eigenvalue weighted by atomic mass is 16.6. The number of esters is 2. The first-order chi connectivity index (χ1) is 22.0. The van der Waals surface area contributed by atoms with E-state index in [1.54, 1.807) is 36.4 Å². The molecule has 0 radical (unpaired) electrons. The first-order valence-corrected chi connectivity index (χ1v) is 13.9. The van der Waals surface area contributed by atoms with Crippen molar-refractivity contribution in [3.05, 3.63) is 105 Å². The van der Waals surface area contributed by atoms with E-state index < -0.39 is 16.9 Å². The van der Waals surface area contributed by atoms with E-state index in [0.717, 1.165) is 0 Å². The molecule has 238 valence electrons. The van der Waals surface area contributed by atoms with Gasteiger partial charge in [-0.15, -0.1) is 0 Å². The molecule has 0 heterocycles. The van der Waals surface area contributed by atoms with E-state index in [1.807, 2.05) is 13.8 Å². The van der Waals surface area contributed by atoms with Crippen molar-refractivity contribution in [2.45, 2.75) is 20.0 Å². The quantitative estimate of drug-likeness (QED) is 0.0450. The Morgan fingerprint density at radius 3 is 1.83 bits per heavy atom. The van der Waals surface area contributed by atoms with Crippen molar-refractivity contribution < 1.29 is 42.9 Å². The van der Waals surface area contributed by atoms with Crippen LogP contribution in [0.15, 0.2) is 72.8 Å². The van der Waals surface area contributed by atoms with Gasteiger partial charge in [-0.25, -0.2) is 9.59 Å². The van der Waals surface area contributed by atoms with Gasteiger partial charge in [-0.2, -0.15) is 0 Å². The van der Waals surface area contributed by atoms with Gasteiger partial charge >= 0.3 is 11.9 Å². The van der Waals surface area contributed by atoms with E-state index in [-0.39, 0.29) is 45.9 Å². The molecule has 0 aliphatic carbocycles. The van der Waals surface area contributed by atoms with Crippen molar-refractivity contribution in [2.24, 2.45) is 0 Å². The molecule has 0 aliphatic rings.